The van der Waals surface area contributed by atoms with Crippen molar-refractivity contribution in [2.45, 2.75) is 6.54 Å². The minimum absolute atomic E-state index is 0. The van der Waals surface area contributed by atoms with E-state index in [-0.39, 0.29) is 22.7 Å². The number of rotatable bonds is 3. The van der Waals surface area contributed by atoms with Crippen LogP contribution in [0.25, 0.3) is 21.8 Å². The fourth-order valence-electron chi connectivity index (χ4n) is 2.90. The number of aromatic nitrogens is 2. The number of hydrogen-bond donors (Lipinski definition) is 1. The lowest BCUT2D eigenvalue weighted by molar-refractivity contribution is -0.687. The molecular weight excluding hydrogens is 406 g/mol. The summed E-state index contributed by atoms with van der Waals surface area (Å²) in [4.78, 5) is 13.7. The first-order chi connectivity index (χ1) is 11.6. The fourth-order valence-corrected chi connectivity index (χ4v) is 3.07. The smallest absolute Gasteiger partial charge is 0.269 e. The number of aromatic amines is 1. The highest BCUT2D eigenvalue weighted by molar-refractivity contribution is 6.31. The zero-order valence-corrected chi connectivity index (χ0v) is 15.3. The summed E-state index contributed by atoms with van der Waals surface area (Å²) >= 11 is 6.08. The van der Waals surface area contributed by atoms with Crippen LogP contribution in [0.3, 0.4) is 0 Å². The molecule has 2 aromatic heterocycles. The van der Waals surface area contributed by atoms with Gasteiger partial charge in [0.2, 0.25) is 0 Å². The average molecular weight is 419 g/mol. The van der Waals surface area contributed by atoms with Crippen LogP contribution in [0.15, 0.2) is 60.9 Å². The summed E-state index contributed by atoms with van der Waals surface area (Å²) in [5.41, 5.74) is 3.18. The van der Waals surface area contributed by atoms with Crippen molar-refractivity contribution in [3.63, 3.8) is 0 Å². The summed E-state index contributed by atoms with van der Waals surface area (Å²) in [6.45, 7) is 0.643. The third kappa shape index (κ3) is 3.36. The number of nitro benzene ring substituents is 1. The highest BCUT2D eigenvalue weighted by Crippen LogP contribution is 2.26. The molecule has 0 spiro atoms. The van der Waals surface area contributed by atoms with E-state index >= 15 is 0 Å². The summed E-state index contributed by atoms with van der Waals surface area (Å²) < 4.78 is 2.04. The summed E-state index contributed by atoms with van der Waals surface area (Å²) in [6, 6.07) is 14.5. The topological polar surface area (TPSA) is 62.8 Å². The third-order valence-electron chi connectivity index (χ3n) is 4.07. The van der Waals surface area contributed by atoms with Gasteiger partial charge in [0.05, 0.1) is 4.92 Å². The van der Waals surface area contributed by atoms with Crippen LogP contribution in [0.2, 0.25) is 5.02 Å². The maximum Gasteiger partial charge on any atom is 0.269 e. The Bertz CT molecular complexity index is 1080. The molecule has 0 aliphatic rings. The summed E-state index contributed by atoms with van der Waals surface area (Å²) in [6.07, 6.45) is 4.03. The molecule has 0 fully saturated rings. The van der Waals surface area contributed by atoms with E-state index in [1.165, 1.54) is 12.1 Å². The van der Waals surface area contributed by atoms with E-state index in [1.54, 1.807) is 12.1 Å². The molecule has 0 aliphatic heterocycles. The molecule has 4 aromatic rings. The normalized spacial score (nSPS) is 10.8. The minimum atomic E-state index is -0.390. The van der Waals surface area contributed by atoms with E-state index in [9.17, 15) is 10.1 Å². The zero-order chi connectivity index (χ0) is 16.7. The second-order valence-corrected chi connectivity index (χ2v) is 6.12. The van der Waals surface area contributed by atoms with Crippen LogP contribution in [0.1, 0.15) is 5.56 Å². The van der Waals surface area contributed by atoms with Crippen molar-refractivity contribution >= 4 is 39.1 Å². The van der Waals surface area contributed by atoms with Gasteiger partial charge >= 0.3 is 0 Å². The van der Waals surface area contributed by atoms with Crippen molar-refractivity contribution in [1.82, 2.24) is 4.98 Å². The second kappa shape index (κ2) is 6.82. The zero-order valence-electron chi connectivity index (χ0n) is 12.9. The molecule has 0 radical (unpaired) electrons. The van der Waals surface area contributed by atoms with Crippen LogP contribution in [-0.4, -0.2) is 9.91 Å². The van der Waals surface area contributed by atoms with Crippen molar-refractivity contribution < 1.29 is 26.5 Å². The van der Waals surface area contributed by atoms with Gasteiger partial charge in [0, 0.05) is 45.1 Å². The van der Waals surface area contributed by atoms with E-state index in [0.717, 1.165) is 27.4 Å². The lowest BCUT2D eigenvalue weighted by Gasteiger charge is -1.98. The molecule has 0 aliphatic carbocycles. The van der Waals surface area contributed by atoms with E-state index in [2.05, 4.69) is 11.1 Å². The second-order valence-electron chi connectivity index (χ2n) is 5.68. The Morgan fingerprint density at radius 2 is 1.80 bits per heavy atom. The SMILES string of the molecule is O=[N+]([O-])c1ccc(C[n+]2ccc3c(c2)[nH]c2ccc(Cl)cc23)cc1.[Br-]. The highest BCUT2D eigenvalue weighted by atomic mass is 79.9. The maximum atomic E-state index is 10.7. The van der Waals surface area contributed by atoms with Crippen molar-refractivity contribution in [1.29, 1.82) is 0 Å². The van der Waals surface area contributed by atoms with Gasteiger partial charge in [-0.1, -0.05) is 11.6 Å². The molecule has 0 atom stereocenters. The Hall–Kier alpha value is -2.44. The summed E-state index contributed by atoms with van der Waals surface area (Å²) in [5, 5.41) is 13.6. The largest absolute Gasteiger partial charge is 1.00 e. The van der Waals surface area contributed by atoms with Gasteiger partial charge in [0.1, 0.15) is 5.52 Å². The van der Waals surface area contributed by atoms with Crippen LogP contribution in [-0.2, 0) is 6.54 Å². The molecule has 1 N–H and O–H groups in total. The van der Waals surface area contributed by atoms with Gasteiger partial charge in [0.25, 0.3) is 5.69 Å². The number of nitrogens with zero attached hydrogens (tertiary/aromatic N) is 2. The average Bonchev–Trinajstić information content (AvgIpc) is 2.92. The van der Waals surface area contributed by atoms with Crippen molar-refractivity contribution in [3.8, 4) is 0 Å². The molecule has 126 valence electrons. The van der Waals surface area contributed by atoms with Crippen molar-refractivity contribution in [2.24, 2.45) is 0 Å². The molecular formula is C18H13BrClN3O2. The fraction of sp³-hybridized carbons (Fsp3) is 0.0556. The third-order valence-corrected chi connectivity index (χ3v) is 4.31. The van der Waals surface area contributed by atoms with E-state index in [4.69, 9.17) is 11.6 Å². The Morgan fingerprint density at radius 1 is 1.04 bits per heavy atom. The lowest BCUT2D eigenvalue weighted by Crippen LogP contribution is -3.00. The maximum absolute atomic E-state index is 10.7. The molecule has 4 rings (SSSR count). The number of non-ortho nitro benzene ring substituents is 1. The molecule has 5 nitrogen and oxygen atoms in total. The first-order valence-electron chi connectivity index (χ1n) is 7.43. The predicted molar refractivity (Wildman–Crippen MR) is 93.2 cm³/mol. The van der Waals surface area contributed by atoms with Crippen molar-refractivity contribution in [2.75, 3.05) is 0 Å². The minimum Gasteiger partial charge on any atom is -1.00 e. The number of halogens is 2. The Morgan fingerprint density at radius 3 is 2.52 bits per heavy atom. The van der Waals surface area contributed by atoms with Crippen LogP contribution < -0.4 is 21.5 Å². The number of nitro groups is 1. The molecule has 0 saturated heterocycles. The number of hydrogen-bond acceptors (Lipinski definition) is 2. The van der Waals surface area contributed by atoms with Crippen LogP contribution in [0.4, 0.5) is 5.69 Å². The van der Waals surface area contributed by atoms with Gasteiger partial charge in [-0.2, -0.15) is 4.57 Å². The predicted octanol–water partition coefficient (Wildman–Crippen LogP) is 1.22. The molecule has 2 heterocycles. The number of pyridine rings is 1. The van der Waals surface area contributed by atoms with Crippen LogP contribution in [0, 0.1) is 10.1 Å². The highest BCUT2D eigenvalue weighted by Gasteiger charge is 2.11. The van der Waals surface area contributed by atoms with Crippen LogP contribution >= 0.6 is 11.6 Å². The Kier molecular flexibility index (Phi) is 4.74. The number of benzene rings is 2. The van der Waals surface area contributed by atoms with Gasteiger partial charge in [0.15, 0.2) is 18.9 Å². The molecule has 0 unspecified atom stereocenters. The first-order valence-corrected chi connectivity index (χ1v) is 7.81. The molecule has 2 aromatic carbocycles. The van der Waals surface area contributed by atoms with E-state index in [0.29, 0.717) is 11.6 Å². The van der Waals surface area contributed by atoms with E-state index in [1.807, 2.05) is 35.2 Å². The number of fused-ring (bicyclic) bond motifs is 3. The summed E-state index contributed by atoms with van der Waals surface area (Å²) in [5.74, 6) is 0. The molecule has 0 amide bonds. The standard InChI is InChI=1S/C18H12ClN3O2.BrH/c19-13-3-6-17-16(9-13)15-7-8-21(11-18(15)20-17)10-12-1-4-14(5-2-12)22(23)24;/h1-9,11H,10H2;1H. The number of nitrogens with one attached hydrogen (secondary N) is 1. The molecule has 0 bridgehead atoms. The Labute approximate surface area is 158 Å². The molecule has 0 saturated carbocycles. The van der Waals surface area contributed by atoms with Crippen LogP contribution in [0.5, 0.6) is 0 Å². The van der Waals surface area contributed by atoms with Crippen molar-refractivity contribution in [3.05, 3.63) is 81.6 Å². The number of H-pyrrole nitrogens is 1. The van der Waals surface area contributed by atoms with Gasteiger partial charge in [-0.05, 0) is 30.3 Å². The van der Waals surface area contributed by atoms with Gasteiger partial charge in [-0.25, -0.2) is 0 Å². The van der Waals surface area contributed by atoms with Gasteiger partial charge in [-0.15, -0.1) is 0 Å². The van der Waals surface area contributed by atoms with Gasteiger partial charge in [-0.3, -0.25) is 10.1 Å². The monoisotopic (exact) mass is 417 g/mol. The van der Waals surface area contributed by atoms with E-state index < -0.39 is 4.92 Å². The molecule has 25 heavy (non-hydrogen) atoms. The quantitative estimate of drug-likeness (QED) is 0.309. The Balaban J connectivity index is 0.00000182. The molecule has 7 heteroatoms. The summed E-state index contributed by atoms with van der Waals surface area (Å²) in [7, 11) is 0. The van der Waals surface area contributed by atoms with Gasteiger partial charge < -0.3 is 22.0 Å². The lowest BCUT2D eigenvalue weighted by atomic mass is 10.2. The first kappa shape index (κ1) is 17.4.